The van der Waals surface area contributed by atoms with Gasteiger partial charge in [-0.05, 0) is 37.0 Å². The predicted molar refractivity (Wildman–Crippen MR) is 142 cm³/mol. The lowest BCUT2D eigenvalue weighted by Crippen LogP contribution is -2.60. The van der Waals surface area contributed by atoms with E-state index in [1.165, 1.54) is 18.1 Å². The van der Waals surface area contributed by atoms with E-state index >= 15 is 0 Å². The van der Waals surface area contributed by atoms with Gasteiger partial charge in [-0.2, -0.15) is 0 Å². The van der Waals surface area contributed by atoms with Gasteiger partial charge in [0.25, 0.3) is 0 Å². The van der Waals surface area contributed by atoms with Crippen LogP contribution in [0.4, 0.5) is 0 Å². The fourth-order valence-electron chi connectivity index (χ4n) is 5.26. The standard InChI is InChI=1S/C29H44O5Si/c1-11-15-23-20(2)24(34-35(9,10)27(4,5)6)18-29(28(23,7)8)25(19-31-21(3)30)32-26(33-29)22-16-13-12-14-17-22/h11-14,16-17,24-26H,1,15,18-19H2,2-10H3/t24-,25-,26-,29+/m0/s1. The highest BCUT2D eigenvalue weighted by Gasteiger charge is 2.63. The van der Waals surface area contributed by atoms with Gasteiger partial charge in [-0.15, -0.1) is 6.58 Å². The van der Waals surface area contributed by atoms with E-state index in [-0.39, 0.29) is 23.7 Å². The van der Waals surface area contributed by atoms with E-state index in [0.29, 0.717) is 6.42 Å². The maximum absolute atomic E-state index is 11.8. The summed E-state index contributed by atoms with van der Waals surface area (Å²) < 4.78 is 26.0. The van der Waals surface area contributed by atoms with E-state index < -0.39 is 31.7 Å². The minimum absolute atomic E-state index is 0.0722. The summed E-state index contributed by atoms with van der Waals surface area (Å²) in [6, 6.07) is 9.97. The van der Waals surface area contributed by atoms with Crippen LogP contribution >= 0.6 is 0 Å². The predicted octanol–water partition coefficient (Wildman–Crippen LogP) is 7.12. The Kier molecular flexibility index (Phi) is 7.93. The number of benzene rings is 1. The Hall–Kier alpha value is -1.73. The molecule has 0 amide bonds. The van der Waals surface area contributed by atoms with Crippen LogP contribution in [0.5, 0.6) is 0 Å². The van der Waals surface area contributed by atoms with Crippen LogP contribution < -0.4 is 0 Å². The number of ether oxygens (including phenoxy) is 3. The second kappa shape index (κ2) is 9.96. The number of allylic oxidation sites excluding steroid dienone is 1. The maximum Gasteiger partial charge on any atom is 0.302 e. The first-order chi connectivity index (χ1) is 16.2. The summed E-state index contributed by atoms with van der Waals surface area (Å²) in [5.74, 6) is -0.326. The third-order valence-electron chi connectivity index (χ3n) is 8.49. The van der Waals surface area contributed by atoms with Gasteiger partial charge in [0, 0.05) is 24.3 Å². The average molecular weight is 501 g/mol. The molecule has 1 saturated heterocycles. The molecule has 0 aromatic heterocycles. The summed E-state index contributed by atoms with van der Waals surface area (Å²) >= 11 is 0. The first-order valence-corrected chi connectivity index (χ1v) is 15.6. The van der Waals surface area contributed by atoms with Crippen LogP contribution in [0.3, 0.4) is 0 Å². The van der Waals surface area contributed by atoms with E-state index in [0.717, 1.165) is 12.0 Å². The van der Waals surface area contributed by atoms with Crippen LogP contribution in [0.25, 0.3) is 0 Å². The molecule has 1 aromatic carbocycles. The van der Waals surface area contributed by atoms with Gasteiger partial charge in [-0.3, -0.25) is 4.79 Å². The zero-order chi connectivity index (χ0) is 26.2. The van der Waals surface area contributed by atoms with Crippen molar-refractivity contribution in [3.05, 3.63) is 59.7 Å². The number of carbonyl (C=O) groups is 1. The molecule has 1 aliphatic heterocycles. The Morgan fingerprint density at radius 3 is 2.40 bits per heavy atom. The Balaban J connectivity index is 2.12. The van der Waals surface area contributed by atoms with Gasteiger partial charge in [0.1, 0.15) is 18.3 Å². The smallest absolute Gasteiger partial charge is 0.302 e. The SMILES string of the molecule is C=CCC1=C(C)[C@@H](O[Si](C)(C)C(C)(C)C)C[C@]2(O[C@@H](c3ccccc3)O[C@H]2COC(C)=O)C1(C)C. The zero-order valence-corrected chi connectivity index (χ0v) is 24.1. The number of hydrogen-bond acceptors (Lipinski definition) is 5. The van der Waals surface area contributed by atoms with Crippen LogP contribution in [-0.4, -0.2) is 38.7 Å². The number of carbonyl (C=O) groups excluding carboxylic acids is 1. The minimum Gasteiger partial charge on any atom is -0.463 e. The maximum atomic E-state index is 11.8. The highest BCUT2D eigenvalue weighted by atomic mass is 28.4. The first-order valence-electron chi connectivity index (χ1n) is 12.7. The van der Waals surface area contributed by atoms with Gasteiger partial charge in [-0.1, -0.05) is 76.6 Å². The third-order valence-corrected chi connectivity index (χ3v) is 13.0. The summed E-state index contributed by atoms with van der Waals surface area (Å²) in [5.41, 5.74) is 2.32. The molecule has 0 unspecified atom stereocenters. The molecule has 0 saturated carbocycles. The zero-order valence-electron chi connectivity index (χ0n) is 23.1. The third kappa shape index (κ3) is 5.22. The lowest BCUT2D eigenvalue weighted by molar-refractivity contribution is -0.152. The number of rotatable bonds is 7. The van der Waals surface area contributed by atoms with Gasteiger partial charge in [0.15, 0.2) is 14.6 Å². The van der Waals surface area contributed by atoms with Crippen molar-refractivity contribution in [3.63, 3.8) is 0 Å². The van der Waals surface area contributed by atoms with Crippen LogP contribution in [0.1, 0.15) is 73.2 Å². The summed E-state index contributed by atoms with van der Waals surface area (Å²) in [6.45, 7) is 23.6. The van der Waals surface area contributed by atoms with E-state index in [4.69, 9.17) is 18.6 Å². The van der Waals surface area contributed by atoms with Gasteiger partial charge >= 0.3 is 5.97 Å². The van der Waals surface area contributed by atoms with Gasteiger partial charge in [-0.25, -0.2) is 0 Å². The van der Waals surface area contributed by atoms with Crippen molar-refractivity contribution in [2.45, 2.75) is 104 Å². The Labute approximate surface area is 213 Å². The molecule has 1 aliphatic carbocycles. The Morgan fingerprint density at radius 1 is 1.23 bits per heavy atom. The molecule has 0 radical (unpaired) electrons. The van der Waals surface area contributed by atoms with Gasteiger partial charge < -0.3 is 18.6 Å². The Bertz CT molecular complexity index is 959. The molecule has 1 spiro atoms. The van der Waals surface area contributed by atoms with Gasteiger partial charge in [0.05, 0.1) is 6.10 Å². The summed E-state index contributed by atoms with van der Waals surface area (Å²) in [4.78, 5) is 11.8. The molecule has 3 rings (SSSR count). The molecule has 0 bridgehead atoms. The molecule has 1 fully saturated rings. The first kappa shape index (κ1) is 27.8. The molecule has 35 heavy (non-hydrogen) atoms. The van der Waals surface area contributed by atoms with Crippen molar-refractivity contribution < 1.29 is 23.4 Å². The highest BCUT2D eigenvalue weighted by molar-refractivity contribution is 6.74. The fraction of sp³-hybridized carbons (Fsp3) is 0.621. The van der Waals surface area contributed by atoms with Crippen molar-refractivity contribution in [1.29, 1.82) is 0 Å². The lowest BCUT2D eigenvalue weighted by atomic mass is 9.59. The molecule has 0 N–H and O–H groups in total. The van der Waals surface area contributed by atoms with Crippen molar-refractivity contribution in [1.82, 2.24) is 0 Å². The van der Waals surface area contributed by atoms with Crippen molar-refractivity contribution in [2.75, 3.05) is 6.61 Å². The van der Waals surface area contributed by atoms with Gasteiger partial charge in [0.2, 0.25) is 0 Å². The van der Waals surface area contributed by atoms with E-state index in [9.17, 15) is 4.79 Å². The van der Waals surface area contributed by atoms with E-state index in [2.05, 4.69) is 61.2 Å². The second-order valence-corrected chi connectivity index (χ2v) is 16.8. The molecule has 1 heterocycles. The van der Waals surface area contributed by atoms with Crippen LogP contribution in [0.2, 0.25) is 18.1 Å². The largest absolute Gasteiger partial charge is 0.463 e. The van der Waals surface area contributed by atoms with Crippen LogP contribution in [-0.2, 0) is 23.4 Å². The topological polar surface area (TPSA) is 54.0 Å². The van der Waals surface area contributed by atoms with Crippen LogP contribution in [0.15, 0.2) is 54.1 Å². The Morgan fingerprint density at radius 2 is 1.86 bits per heavy atom. The summed E-state index contributed by atoms with van der Waals surface area (Å²) in [6.07, 6.45) is 2.22. The molecule has 4 atom stereocenters. The molecule has 1 aromatic rings. The van der Waals surface area contributed by atoms with E-state index in [1.54, 1.807) is 0 Å². The minimum atomic E-state index is -2.08. The molecule has 194 valence electrons. The lowest BCUT2D eigenvalue weighted by Gasteiger charge is -2.54. The molecule has 6 heteroatoms. The number of hydrogen-bond donors (Lipinski definition) is 0. The molecular weight excluding hydrogens is 456 g/mol. The summed E-state index contributed by atoms with van der Waals surface area (Å²) in [5, 5.41) is 0.0722. The second-order valence-electron chi connectivity index (χ2n) is 12.0. The quantitative estimate of drug-likeness (QED) is 0.227. The molecule has 5 nitrogen and oxygen atoms in total. The summed E-state index contributed by atoms with van der Waals surface area (Å²) in [7, 11) is -2.08. The van der Waals surface area contributed by atoms with Crippen molar-refractivity contribution in [3.8, 4) is 0 Å². The molecular formula is C29H44O5Si. The van der Waals surface area contributed by atoms with E-state index in [1.807, 2.05) is 36.4 Å². The fourth-order valence-corrected chi connectivity index (χ4v) is 6.58. The molecule has 2 aliphatic rings. The average Bonchev–Trinajstić information content (AvgIpc) is 3.13. The van der Waals surface area contributed by atoms with Crippen molar-refractivity contribution in [2.24, 2.45) is 5.41 Å². The van der Waals surface area contributed by atoms with Crippen LogP contribution in [0, 0.1) is 5.41 Å². The highest BCUT2D eigenvalue weighted by Crippen LogP contribution is 2.59. The number of esters is 1. The normalized spacial score (nSPS) is 28.9. The monoisotopic (exact) mass is 500 g/mol. The van der Waals surface area contributed by atoms with Crippen molar-refractivity contribution >= 4 is 14.3 Å².